The maximum atomic E-state index is 13.1. The summed E-state index contributed by atoms with van der Waals surface area (Å²) in [5, 5.41) is 3.04. The molecule has 3 aromatic rings. The molecule has 1 N–H and O–H groups in total. The Morgan fingerprint density at radius 1 is 1.03 bits per heavy atom. The number of pyridine rings is 1. The zero-order valence-corrected chi connectivity index (χ0v) is 18.3. The molecule has 0 aliphatic heterocycles. The summed E-state index contributed by atoms with van der Waals surface area (Å²) in [6.45, 7) is 4.76. The predicted molar refractivity (Wildman–Crippen MR) is 117 cm³/mol. The molecule has 6 nitrogen and oxygen atoms in total. The Bertz CT molecular complexity index is 1280. The van der Waals surface area contributed by atoms with E-state index in [4.69, 9.17) is 11.6 Å². The molecule has 0 fully saturated rings. The Balaban J connectivity index is 1.99. The average molecular weight is 445 g/mol. The minimum atomic E-state index is -4.03. The summed E-state index contributed by atoms with van der Waals surface area (Å²) in [7, 11) is -4.03. The highest BCUT2D eigenvalue weighted by molar-refractivity contribution is 7.91. The Morgan fingerprint density at radius 2 is 1.70 bits per heavy atom. The number of hydrogen-bond acceptors (Lipinski definition) is 4. The topological polar surface area (TPSA) is 85.2 Å². The van der Waals surface area contributed by atoms with E-state index in [1.54, 1.807) is 56.3 Å². The first-order chi connectivity index (χ1) is 14.1. The molecule has 8 heteroatoms. The molecule has 0 spiro atoms. The maximum Gasteiger partial charge on any atom is 0.270 e. The number of amides is 1. The first kappa shape index (κ1) is 21.8. The van der Waals surface area contributed by atoms with Crippen LogP contribution in [0.4, 0.5) is 5.69 Å². The summed E-state index contributed by atoms with van der Waals surface area (Å²) in [5.41, 5.74) is 1.44. The normalized spacial score (nSPS) is 11.3. The second kappa shape index (κ2) is 8.45. The van der Waals surface area contributed by atoms with E-state index in [0.29, 0.717) is 22.0 Å². The van der Waals surface area contributed by atoms with Gasteiger partial charge in [-0.2, -0.15) is 0 Å². The Labute approximate surface area is 180 Å². The van der Waals surface area contributed by atoms with Crippen molar-refractivity contribution < 1.29 is 13.2 Å². The SMILES string of the molecule is Cc1ccc(NC(=O)Cn2c(C)cc(C)c(S(=O)(=O)c3ccccc3)c2=O)c(Cl)c1. The van der Waals surface area contributed by atoms with E-state index in [2.05, 4.69) is 5.32 Å². The third-order valence-corrected chi connectivity index (χ3v) is 6.91. The van der Waals surface area contributed by atoms with Crippen LogP contribution in [0.1, 0.15) is 16.8 Å². The number of benzene rings is 2. The van der Waals surface area contributed by atoms with Gasteiger partial charge < -0.3 is 9.88 Å². The molecular weight excluding hydrogens is 424 g/mol. The molecule has 156 valence electrons. The van der Waals surface area contributed by atoms with Gasteiger partial charge in [-0.05, 0) is 62.2 Å². The number of aryl methyl sites for hydroxylation is 3. The zero-order chi connectivity index (χ0) is 22.1. The zero-order valence-electron chi connectivity index (χ0n) is 16.8. The molecule has 2 aromatic carbocycles. The molecule has 0 saturated heterocycles. The molecule has 0 aliphatic rings. The van der Waals surface area contributed by atoms with Crippen LogP contribution in [0.5, 0.6) is 0 Å². The molecule has 1 heterocycles. The minimum Gasteiger partial charge on any atom is -0.323 e. The quantitative estimate of drug-likeness (QED) is 0.646. The number of nitrogens with one attached hydrogen (secondary N) is 1. The summed E-state index contributed by atoms with van der Waals surface area (Å²) in [5.74, 6) is -0.488. The van der Waals surface area contributed by atoms with Crippen molar-refractivity contribution in [3.05, 3.63) is 86.8 Å². The van der Waals surface area contributed by atoms with Crippen molar-refractivity contribution in [2.75, 3.05) is 5.32 Å². The fraction of sp³-hybridized carbons (Fsp3) is 0.182. The van der Waals surface area contributed by atoms with Crippen LogP contribution in [0.25, 0.3) is 0 Å². The van der Waals surface area contributed by atoms with Crippen LogP contribution in [0.3, 0.4) is 0 Å². The van der Waals surface area contributed by atoms with Crippen molar-refractivity contribution in [1.82, 2.24) is 4.57 Å². The monoisotopic (exact) mass is 444 g/mol. The summed E-state index contributed by atoms with van der Waals surface area (Å²) in [4.78, 5) is 25.4. The van der Waals surface area contributed by atoms with Gasteiger partial charge in [0.15, 0.2) is 0 Å². The van der Waals surface area contributed by atoms with Crippen molar-refractivity contribution in [1.29, 1.82) is 0 Å². The van der Waals surface area contributed by atoms with Crippen LogP contribution in [-0.4, -0.2) is 18.9 Å². The Morgan fingerprint density at radius 3 is 2.33 bits per heavy atom. The molecule has 0 radical (unpaired) electrons. The van der Waals surface area contributed by atoms with Crippen LogP contribution < -0.4 is 10.9 Å². The molecule has 1 amide bonds. The van der Waals surface area contributed by atoms with E-state index in [1.165, 1.54) is 12.1 Å². The van der Waals surface area contributed by atoms with Crippen molar-refractivity contribution in [2.24, 2.45) is 0 Å². The van der Waals surface area contributed by atoms with Gasteiger partial charge in [0, 0.05) is 5.69 Å². The number of hydrogen-bond donors (Lipinski definition) is 1. The third kappa shape index (κ3) is 4.32. The van der Waals surface area contributed by atoms with E-state index in [9.17, 15) is 18.0 Å². The van der Waals surface area contributed by atoms with Crippen molar-refractivity contribution >= 4 is 33.0 Å². The van der Waals surface area contributed by atoms with Crippen LogP contribution in [0.2, 0.25) is 5.02 Å². The number of halogens is 1. The van der Waals surface area contributed by atoms with E-state index in [-0.39, 0.29) is 16.3 Å². The van der Waals surface area contributed by atoms with Crippen LogP contribution in [-0.2, 0) is 21.2 Å². The summed E-state index contributed by atoms with van der Waals surface area (Å²) in [6.07, 6.45) is 0. The molecular formula is C22H21ClN2O4S. The summed E-state index contributed by atoms with van der Waals surface area (Å²) >= 11 is 6.15. The molecule has 0 saturated carbocycles. The molecule has 30 heavy (non-hydrogen) atoms. The van der Waals surface area contributed by atoms with Crippen LogP contribution in [0.15, 0.2) is 69.2 Å². The van der Waals surface area contributed by atoms with Gasteiger partial charge in [-0.1, -0.05) is 35.9 Å². The number of carbonyl (C=O) groups is 1. The summed E-state index contributed by atoms with van der Waals surface area (Å²) in [6, 6.07) is 14.5. The van der Waals surface area contributed by atoms with Crippen LogP contribution >= 0.6 is 11.6 Å². The van der Waals surface area contributed by atoms with Crippen molar-refractivity contribution in [3.8, 4) is 0 Å². The number of sulfone groups is 1. The molecule has 0 bridgehead atoms. The predicted octanol–water partition coefficient (Wildman–Crippen LogP) is 3.90. The standard InChI is InChI=1S/C22H21ClN2O4S/c1-14-9-10-19(18(23)11-14)24-20(26)13-25-16(3)12-15(2)21(22(25)27)30(28,29)17-7-5-4-6-8-17/h4-12H,13H2,1-3H3,(H,24,26). The van der Waals surface area contributed by atoms with E-state index < -0.39 is 21.3 Å². The lowest BCUT2D eigenvalue weighted by Crippen LogP contribution is -2.33. The number of aromatic nitrogens is 1. The number of anilines is 1. The van der Waals surface area contributed by atoms with Gasteiger partial charge >= 0.3 is 0 Å². The van der Waals surface area contributed by atoms with Gasteiger partial charge in [0.05, 0.1) is 15.6 Å². The molecule has 1 aromatic heterocycles. The van der Waals surface area contributed by atoms with Crippen molar-refractivity contribution in [3.63, 3.8) is 0 Å². The van der Waals surface area contributed by atoms with Gasteiger partial charge in [0.2, 0.25) is 15.7 Å². The second-order valence-corrected chi connectivity index (χ2v) is 9.33. The van der Waals surface area contributed by atoms with Gasteiger partial charge in [0.1, 0.15) is 11.4 Å². The largest absolute Gasteiger partial charge is 0.323 e. The number of rotatable bonds is 5. The third-order valence-electron chi connectivity index (χ3n) is 4.67. The fourth-order valence-corrected chi connectivity index (χ4v) is 5.06. The first-order valence-corrected chi connectivity index (χ1v) is 11.0. The van der Waals surface area contributed by atoms with Gasteiger partial charge in [-0.15, -0.1) is 0 Å². The number of carbonyl (C=O) groups excluding carboxylic acids is 1. The molecule has 3 rings (SSSR count). The Hall–Kier alpha value is -2.90. The maximum absolute atomic E-state index is 13.1. The minimum absolute atomic E-state index is 0.0245. The number of nitrogens with zero attached hydrogens (tertiary/aromatic N) is 1. The molecule has 0 aliphatic carbocycles. The van der Waals surface area contributed by atoms with Crippen molar-refractivity contribution in [2.45, 2.75) is 37.1 Å². The second-order valence-electron chi connectivity index (χ2n) is 7.04. The molecule has 0 atom stereocenters. The lowest BCUT2D eigenvalue weighted by molar-refractivity contribution is -0.116. The fourth-order valence-electron chi connectivity index (χ4n) is 3.20. The van der Waals surface area contributed by atoms with Gasteiger partial charge in [-0.3, -0.25) is 9.59 Å². The van der Waals surface area contributed by atoms with E-state index in [0.717, 1.165) is 10.1 Å². The lowest BCUT2D eigenvalue weighted by Gasteiger charge is -2.15. The Kier molecular flexibility index (Phi) is 6.14. The van der Waals surface area contributed by atoms with Gasteiger partial charge in [0.25, 0.3) is 5.56 Å². The highest BCUT2D eigenvalue weighted by atomic mass is 35.5. The molecule has 0 unspecified atom stereocenters. The first-order valence-electron chi connectivity index (χ1n) is 9.18. The highest BCUT2D eigenvalue weighted by Crippen LogP contribution is 2.23. The van der Waals surface area contributed by atoms with Crippen LogP contribution in [0, 0.1) is 20.8 Å². The summed E-state index contributed by atoms with van der Waals surface area (Å²) < 4.78 is 27.3. The van der Waals surface area contributed by atoms with E-state index in [1.807, 2.05) is 6.92 Å². The lowest BCUT2D eigenvalue weighted by atomic mass is 10.2. The van der Waals surface area contributed by atoms with E-state index >= 15 is 0 Å². The average Bonchev–Trinajstić information content (AvgIpc) is 2.67. The smallest absolute Gasteiger partial charge is 0.270 e. The highest BCUT2D eigenvalue weighted by Gasteiger charge is 2.26. The van der Waals surface area contributed by atoms with Gasteiger partial charge in [-0.25, -0.2) is 8.42 Å².